The molecule has 2 aromatic carbocycles. The Labute approximate surface area is 118 Å². The van der Waals surface area contributed by atoms with E-state index in [4.69, 9.17) is 0 Å². The Morgan fingerprint density at radius 2 is 1.63 bits per heavy atom. The maximum absolute atomic E-state index is 12.5. The van der Waals surface area contributed by atoms with Crippen LogP contribution in [0.1, 0.15) is 16.7 Å². The van der Waals surface area contributed by atoms with Crippen LogP contribution in [0.3, 0.4) is 0 Å². The van der Waals surface area contributed by atoms with Crippen molar-refractivity contribution in [2.24, 2.45) is 0 Å². The van der Waals surface area contributed by atoms with E-state index >= 15 is 0 Å². The van der Waals surface area contributed by atoms with Gasteiger partial charge < -0.3 is 0 Å². The van der Waals surface area contributed by atoms with E-state index in [1.165, 1.54) is 21.0 Å². The first-order valence-corrected chi connectivity index (χ1v) is 7.89. The van der Waals surface area contributed by atoms with Crippen LogP contribution in [0.5, 0.6) is 0 Å². The van der Waals surface area contributed by atoms with Crippen molar-refractivity contribution >= 4 is 24.4 Å². The van der Waals surface area contributed by atoms with Gasteiger partial charge in [-0.25, -0.2) is 0 Å². The van der Waals surface area contributed by atoms with Crippen molar-refractivity contribution in [1.29, 1.82) is 0 Å². The van der Waals surface area contributed by atoms with Crippen molar-refractivity contribution in [1.82, 2.24) is 3.56 Å². The first kappa shape index (κ1) is 12.5. The molecule has 0 aliphatic heterocycles. The van der Waals surface area contributed by atoms with Crippen molar-refractivity contribution < 1.29 is 0 Å². The molecule has 0 N–H and O–H groups in total. The molecule has 3 rings (SSSR count). The maximum atomic E-state index is 12.5. The minimum absolute atomic E-state index is 0.0540. The molecule has 0 amide bonds. The molecular formula is C16H15NOSe. The molecule has 0 radical (unpaired) electrons. The molecule has 0 bridgehead atoms. The number of nitrogens with zero attached hydrogens (tertiary/aromatic N) is 1. The molecule has 0 saturated heterocycles. The Hall–Kier alpha value is -1.57. The second kappa shape index (κ2) is 4.52. The predicted molar refractivity (Wildman–Crippen MR) is 80.7 cm³/mol. The molecule has 0 fully saturated rings. The van der Waals surface area contributed by atoms with Crippen molar-refractivity contribution in [3.8, 4) is 5.69 Å². The van der Waals surface area contributed by atoms with Gasteiger partial charge in [-0.2, -0.15) is 0 Å². The van der Waals surface area contributed by atoms with E-state index in [9.17, 15) is 4.79 Å². The van der Waals surface area contributed by atoms with E-state index in [1.54, 1.807) is 0 Å². The van der Waals surface area contributed by atoms with Gasteiger partial charge in [0.2, 0.25) is 0 Å². The van der Waals surface area contributed by atoms with Crippen LogP contribution in [-0.4, -0.2) is 18.3 Å². The van der Waals surface area contributed by atoms with Gasteiger partial charge in [0.25, 0.3) is 0 Å². The van der Waals surface area contributed by atoms with Gasteiger partial charge >= 0.3 is 118 Å². The summed E-state index contributed by atoms with van der Waals surface area (Å²) in [6.07, 6.45) is 0. The van der Waals surface area contributed by atoms with E-state index in [-0.39, 0.29) is 20.3 Å². The van der Waals surface area contributed by atoms with Gasteiger partial charge in [-0.3, -0.25) is 0 Å². The van der Waals surface area contributed by atoms with Crippen LogP contribution in [0.4, 0.5) is 0 Å². The molecule has 96 valence electrons. The Kier molecular flexibility index (Phi) is 2.96. The topological polar surface area (TPSA) is 22.0 Å². The van der Waals surface area contributed by atoms with E-state index < -0.39 is 0 Å². The van der Waals surface area contributed by atoms with E-state index in [1.807, 2.05) is 21.8 Å². The predicted octanol–water partition coefficient (Wildman–Crippen LogP) is 2.97. The Balaban J connectivity index is 2.37. The van der Waals surface area contributed by atoms with E-state index in [0.717, 1.165) is 11.1 Å². The van der Waals surface area contributed by atoms with Gasteiger partial charge in [0.1, 0.15) is 0 Å². The van der Waals surface area contributed by atoms with Crippen molar-refractivity contribution in [2.75, 3.05) is 0 Å². The summed E-state index contributed by atoms with van der Waals surface area (Å²) in [6, 6.07) is 12.2. The quantitative estimate of drug-likeness (QED) is 0.633. The monoisotopic (exact) mass is 317 g/mol. The van der Waals surface area contributed by atoms with Crippen LogP contribution in [0.2, 0.25) is 0 Å². The summed E-state index contributed by atoms with van der Waals surface area (Å²) in [6.45, 7) is 6.26. The zero-order valence-electron chi connectivity index (χ0n) is 11.2. The third-order valence-electron chi connectivity index (χ3n) is 3.33. The second-order valence-electron chi connectivity index (χ2n) is 4.93. The zero-order valence-corrected chi connectivity index (χ0v) is 12.9. The summed E-state index contributed by atoms with van der Waals surface area (Å²) in [7, 11) is 0. The molecule has 3 aromatic rings. The summed E-state index contributed by atoms with van der Waals surface area (Å²) in [5, 5.41) is 0.863. The van der Waals surface area contributed by atoms with Crippen molar-refractivity contribution in [3.63, 3.8) is 0 Å². The van der Waals surface area contributed by atoms with Crippen LogP contribution in [-0.2, 0) is 0 Å². The fraction of sp³-hybridized carbons (Fsp3) is 0.188. The molecule has 0 unspecified atom stereocenters. The van der Waals surface area contributed by atoms with Crippen LogP contribution in [0.15, 0.2) is 41.2 Å². The first-order valence-electron chi connectivity index (χ1n) is 6.27. The summed E-state index contributed by atoms with van der Waals surface area (Å²) in [5.74, 6) is 0. The summed E-state index contributed by atoms with van der Waals surface area (Å²) in [4.78, 5) is 12.5. The normalized spacial score (nSPS) is 11.1. The average molecular weight is 316 g/mol. The van der Waals surface area contributed by atoms with Gasteiger partial charge in [0.05, 0.1) is 0 Å². The Morgan fingerprint density at radius 1 is 1.00 bits per heavy atom. The molecule has 2 nitrogen and oxygen atoms in total. The second-order valence-corrected chi connectivity index (χ2v) is 7.01. The fourth-order valence-corrected chi connectivity index (χ4v) is 5.03. The SMILES string of the molecule is Cc1cc(C)c(-n2[se]c3ccccc3c2=O)c(C)c1. The van der Waals surface area contributed by atoms with Crippen LogP contribution >= 0.6 is 0 Å². The zero-order chi connectivity index (χ0) is 13.6. The molecular weight excluding hydrogens is 301 g/mol. The number of hydrogen-bond donors (Lipinski definition) is 0. The van der Waals surface area contributed by atoms with Crippen molar-refractivity contribution in [2.45, 2.75) is 20.8 Å². The Morgan fingerprint density at radius 3 is 2.26 bits per heavy atom. The fourth-order valence-electron chi connectivity index (χ4n) is 2.61. The summed E-state index contributed by atoms with van der Waals surface area (Å²) in [5.41, 5.74) is 4.84. The third-order valence-corrected chi connectivity index (χ3v) is 5.60. The van der Waals surface area contributed by atoms with Crippen LogP contribution in [0.25, 0.3) is 15.3 Å². The number of hydrogen-bond acceptors (Lipinski definition) is 1. The van der Waals surface area contributed by atoms with Crippen LogP contribution < -0.4 is 5.56 Å². The average Bonchev–Trinajstić information content (AvgIpc) is 2.66. The standard InChI is InChI=1S/C16H15NOSe/c1-10-8-11(2)15(12(3)9-10)17-16(18)13-6-4-5-7-14(13)19-17/h4-9H,1-3H3. The number of benzene rings is 2. The van der Waals surface area contributed by atoms with Crippen molar-refractivity contribution in [3.05, 3.63) is 63.4 Å². The third kappa shape index (κ3) is 1.99. The molecule has 19 heavy (non-hydrogen) atoms. The van der Waals surface area contributed by atoms with Gasteiger partial charge in [0, 0.05) is 0 Å². The summed E-state index contributed by atoms with van der Waals surface area (Å²) >= 11 is 0.0540. The number of aromatic nitrogens is 1. The summed E-state index contributed by atoms with van der Waals surface area (Å²) < 4.78 is 3.14. The molecule has 1 aromatic heterocycles. The number of rotatable bonds is 1. The van der Waals surface area contributed by atoms with Crippen LogP contribution in [0, 0.1) is 20.8 Å². The molecule has 0 aliphatic rings. The minimum atomic E-state index is 0.0540. The van der Waals surface area contributed by atoms with Gasteiger partial charge in [-0.15, -0.1) is 0 Å². The van der Waals surface area contributed by atoms with E-state index in [2.05, 4.69) is 39.0 Å². The first-order chi connectivity index (χ1) is 9.08. The number of aryl methyl sites for hydroxylation is 3. The molecule has 0 atom stereocenters. The molecule has 0 aliphatic carbocycles. The molecule has 0 spiro atoms. The van der Waals surface area contributed by atoms with Gasteiger partial charge in [0.15, 0.2) is 0 Å². The number of fused-ring (bicyclic) bond motifs is 1. The molecule has 3 heteroatoms. The van der Waals surface area contributed by atoms with Gasteiger partial charge in [-0.1, -0.05) is 0 Å². The Bertz CT molecular complexity index is 803. The molecule has 0 saturated carbocycles. The molecule has 1 heterocycles. The van der Waals surface area contributed by atoms with E-state index in [0.29, 0.717) is 0 Å². The van der Waals surface area contributed by atoms with Gasteiger partial charge in [-0.05, 0) is 0 Å².